The fourth-order valence-corrected chi connectivity index (χ4v) is 2.55. The number of aryl methyl sites for hydroxylation is 1. The van der Waals surface area contributed by atoms with Crippen molar-refractivity contribution < 1.29 is 0 Å². The van der Waals surface area contributed by atoms with Gasteiger partial charge < -0.3 is 5.73 Å². The normalized spacial score (nSPS) is 12.6. The molecular weight excluding hydrogens is 268 g/mol. The summed E-state index contributed by atoms with van der Waals surface area (Å²) in [6, 6.07) is 13.9. The Morgan fingerprint density at radius 1 is 1.10 bits per heavy atom. The van der Waals surface area contributed by atoms with Crippen LogP contribution < -0.4 is 5.73 Å². The van der Waals surface area contributed by atoms with Gasteiger partial charge in [-0.3, -0.25) is 4.98 Å². The molecular formula is C17H15ClN2. The third kappa shape index (κ3) is 2.28. The Morgan fingerprint density at radius 3 is 2.70 bits per heavy atom. The van der Waals surface area contributed by atoms with Gasteiger partial charge in [0.2, 0.25) is 0 Å². The Kier molecular flexibility index (Phi) is 3.43. The average molecular weight is 283 g/mol. The number of halogens is 1. The van der Waals surface area contributed by atoms with E-state index in [1.165, 1.54) is 0 Å². The number of nitrogens with two attached hydrogens (primary N) is 1. The summed E-state index contributed by atoms with van der Waals surface area (Å²) in [6.07, 6.45) is 3.70. The Bertz CT molecular complexity index is 763. The second-order valence-corrected chi connectivity index (χ2v) is 5.34. The fraction of sp³-hybridized carbons (Fsp3) is 0.118. The van der Waals surface area contributed by atoms with Gasteiger partial charge in [0.05, 0.1) is 6.04 Å². The highest BCUT2D eigenvalue weighted by atomic mass is 35.5. The molecule has 1 heterocycles. The first kappa shape index (κ1) is 13.1. The lowest BCUT2D eigenvalue weighted by Gasteiger charge is -2.15. The number of aromatic nitrogens is 1. The predicted molar refractivity (Wildman–Crippen MR) is 84.0 cm³/mol. The molecule has 3 aromatic rings. The van der Waals surface area contributed by atoms with Crippen LogP contribution in [0.15, 0.2) is 54.9 Å². The Labute approximate surface area is 123 Å². The molecule has 0 aliphatic heterocycles. The molecule has 0 bridgehead atoms. The van der Waals surface area contributed by atoms with Gasteiger partial charge in [0.1, 0.15) is 0 Å². The van der Waals surface area contributed by atoms with Crippen LogP contribution in [0.2, 0.25) is 5.02 Å². The number of nitrogens with zero attached hydrogens (tertiary/aromatic N) is 1. The lowest BCUT2D eigenvalue weighted by atomic mass is 9.95. The summed E-state index contributed by atoms with van der Waals surface area (Å²) in [5.41, 5.74) is 9.53. The highest BCUT2D eigenvalue weighted by Gasteiger charge is 2.13. The molecule has 2 aromatic carbocycles. The Morgan fingerprint density at radius 2 is 1.90 bits per heavy atom. The van der Waals surface area contributed by atoms with Crippen LogP contribution in [0.4, 0.5) is 0 Å². The SMILES string of the molecule is Cc1cc(C(N)c2cncc3ccccc23)ccc1Cl. The van der Waals surface area contributed by atoms with Gasteiger partial charge in [0, 0.05) is 22.8 Å². The first-order chi connectivity index (χ1) is 9.66. The van der Waals surface area contributed by atoms with Gasteiger partial charge >= 0.3 is 0 Å². The maximum Gasteiger partial charge on any atom is 0.0573 e. The van der Waals surface area contributed by atoms with E-state index in [0.29, 0.717) is 0 Å². The van der Waals surface area contributed by atoms with E-state index in [1.54, 1.807) is 0 Å². The van der Waals surface area contributed by atoms with Crippen molar-refractivity contribution in [2.24, 2.45) is 5.73 Å². The van der Waals surface area contributed by atoms with Gasteiger partial charge in [-0.15, -0.1) is 0 Å². The average Bonchev–Trinajstić information content (AvgIpc) is 2.49. The molecule has 0 fully saturated rings. The van der Waals surface area contributed by atoms with Crippen LogP contribution in [-0.4, -0.2) is 4.98 Å². The summed E-state index contributed by atoms with van der Waals surface area (Å²) in [6.45, 7) is 1.99. The molecule has 100 valence electrons. The number of pyridine rings is 1. The van der Waals surface area contributed by atoms with Crippen molar-refractivity contribution in [1.82, 2.24) is 4.98 Å². The van der Waals surface area contributed by atoms with Gasteiger partial charge in [-0.2, -0.15) is 0 Å². The topological polar surface area (TPSA) is 38.9 Å². The van der Waals surface area contributed by atoms with Crippen LogP contribution in [0.5, 0.6) is 0 Å². The van der Waals surface area contributed by atoms with E-state index in [4.69, 9.17) is 17.3 Å². The molecule has 1 atom stereocenters. The van der Waals surface area contributed by atoms with Gasteiger partial charge in [-0.1, -0.05) is 48.0 Å². The smallest absolute Gasteiger partial charge is 0.0573 e. The van der Waals surface area contributed by atoms with E-state index in [1.807, 2.05) is 55.7 Å². The van der Waals surface area contributed by atoms with E-state index >= 15 is 0 Å². The number of hydrogen-bond acceptors (Lipinski definition) is 2. The molecule has 2 N–H and O–H groups in total. The summed E-state index contributed by atoms with van der Waals surface area (Å²) < 4.78 is 0. The van der Waals surface area contributed by atoms with E-state index in [0.717, 1.165) is 32.5 Å². The third-order valence-corrected chi connectivity index (χ3v) is 4.00. The minimum Gasteiger partial charge on any atom is -0.320 e. The predicted octanol–water partition coefficient (Wildman–Crippen LogP) is 4.24. The van der Waals surface area contributed by atoms with Crippen molar-refractivity contribution in [2.75, 3.05) is 0 Å². The van der Waals surface area contributed by atoms with Crippen molar-refractivity contribution in [3.8, 4) is 0 Å². The van der Waals surface area contributed by atoms with Crippen molar-refractivity contribution >= 4 is 22.4 Å². The molecule has 0 spiro atoms. The fourth-order valence-electron chi connectivity index (χ4n) is 2.43. The molecule has 1 unspecified atom stereocenters. The molecule has 0 saturated heterocycles. The largest absolute Gasteiger partial charge is 0.320 e. The van der Waals surface area contributed by atoms with Crippen molar-refractivity contribution in [3.05, 3.63) is 76.6 Å². The molecule has 0 aliphatic rings. The molecule has 1 aromatic heterocycles. The summed E-state index contributed by atoms with van der Waals surface area (Å²) in [5, 5.41) is 3.01. The van der Waals surface area contributed by atoms with Crippen molar-refractivity contribution in [2.45, 2.75) is 13.0 Å². The molecule has 20 heavy (non-hydrogen) atoms. The van der Waals surface area contributed by atoms with E-state index < -0.39 is 0 Å². The minimum absolute atomic E-state index is 0.204. The maximum atomic E-state index is 6.42. The van der Waals surface area contributed by atoms with Gasteiger partial charge in [-0.05, 0) is 35.1 Å². The Balaban J connectivity index is 2.12. The van der Waals surface area contributed by atoms with Crippen LogP contribution in [-0.2, 0) is 0 Å². The monoisotopic (exact) mass is 282 g/mol. The molecule has 0 aliphatic carbocycles. The second kappa shape index (κ2) is 5.23. The summed E-state index contributed by atoms with van der Waals surface area (Å²) in [7, 11) is 0. The maximum absolute atomic E-state index is 6.42. The zero-order valence-electron chi connectivity index (χ0n) is 11.2. The van der Waals surface area contributed by atoms with E-state index in [2.05, 4.69) is 11.1 Å². The molecule has 3 rings (SSSR count). The van der Waals surface area contributed by atoms with E-state index in [9.17, 15) is 0 Å². The lowest BCUT2D eigenvalue weighted by Crippen LogP contribution is -2.12. The number of hydrogen-bond donors (Lipinski definition) is 1. The first-order valence-electron chi connectivity index (χ1n) is 6.51. The number of fused-ring (bicyclic) bond motifs is 1. The van der Waals surface area contributed by atoms with Gasteiger partial charge in [0.25, 0.3) is 0 Å². The summed E-state index contributed by atoms with van der Waals surface area (Å²) >= 11 is 6.07. The molecule has 0 saturated carbocycles. The quantitative estimate of drug-likeness (QED) is 0.763. The highest BCUT2D eigenvalue weighted by Crippen LogP contribution is 2.28. The van der Waals surface area contributed by atoms with Gasteiger partial charge in [-0.25, -0.2) is 0 Å². The second-order valence-electron chi connectivity index (χ2n) is 4.94. The molecule has 0 amide bonds. The van der Waals surface area contributed by atoms with Crippen LogP contribution in [0.1, 0.15) is 22.7 Å². The molecule has 3 heteroatoms. The van der Waals surface area contributed by atoms with Crippen LogP contribution in [0, 0.1) is 6.92 Å². The molecule has 0 radical (unpaired) electrons. The lowest BCUT2D eigenvalue weighted by molar-refractivity contribution is 0.872. The van der Waals surface area contributed by atoms with E-state index in [-0.39, 0.29) is 6.04 Å². The number of rotatable bonds is 2. The van der Waals surface area contributed by atoms with Crippen LogP contribution in [0.3, 0.4) is 0 Å². The molecule has 2 nitrogen and oxygen atoms in total. The zero-order valence-corrected chi connectivity index (χ0v) is 11.9. The first-order valence-corrected chi connectivity index (χ1v) is 6.89. The van der Waals surface area contributed by atoms with Gasteiger partial charge in [0.15, 0.2) is 0 Å². The highest BCUT2D eigenvalue weighted by molar-refractivity contribution is 6.31. The number of benzene rings is 2. The van der Waals surface area contributed by atoms with Crippen LogP contribution >= 0.6 is 11.6 Å². The minimum atomic E-state index is -0.204. The zero-order chi connectivity index (χ0) is 14.1. The van der Waals surface area contributed by atoms with Crippen LogP contribution in [0.25, 0.3) is 10.8 Å². The Hall–Kier alpha value is -1.90. The standard InChI is InChI=1S/C17H15ClN2/c1-11-8-12(6-7-16(11)18)17(19)15-10-20-9-13-4-2-3-5-14(13)15/h2-10,17H,19H2,1H3. The van der Waals surface area contributed by atoms with Crippen molar-refractivity contribution in [3.63, 3.8) is 0 Å². The summed E-state index contributed by atoms with van der Waals surface area (Å²) in [5.74, 6) is 0. The third-order valence-electron chi connectivity index (χ3n) is 3.58. The summed E-state index contributed by atoms with van der Waals surface area (Å²) in [4.78, 5) is 4.29. The van der Waals surface area contributed by atoms with Crippen molar-refractivity contribution in [1.29, 1.82) is 0 Å².